The summed E-state index contributed by atoms with van der Waals surface area (Å²) in [6.07, 6.45) is 0. The van der Waals surface area contributed by atoms with Crippen LogP contribution in [0.1, 0.15) is 5.56 Å². The number of hydrogen-bond acceptors (Lipinski definition) is 4. The van der Waals surface area contributed by atoms with Crippen LogP contribution in [0.3, 0.4) is 0 Å². The Kier molecular flexibility index (Phi) is 2.87. The second-order valence-corrected chi connectivity index (χ2v) is 5.30. The van der Waals surface area contributed by atoms with Crippen molar-refractivity contribution >= 4 is 21.6 Å². The summed E-state index contributed by atoms with van der Waals surface area (Å²) in [7, 11) is 1.62. The van der Waals surface area contributed by atoms with Crippen LogP contribution >= 0.6 is 11.3 Å². The summed E-state index contributed by atoms with van der Waals surface area (Å²) in [5.41, 5.74) is 3.69. The zero-order valence-electron chi connectivity index (χ0n) is 10.6. The van der Waals surface area contributed by atoms with Crippen LogP contribution in [-0.2, 0) is 0 Å². The standard InChI is InChI=1S/C15H12O3S/c1-9-4-3-5-10(6-9)12-7-11(17-2)8-13-14(12)18-15(16)19-13/h3-8H,1-2H3. The summed E-state index contributed by atoms with van der Waals surface area (Å²) < 4.78 is 11.4. The van der Waals surface area contributed by atoms with Gasteiger partial charge in [0, 0.05) is 11.6 Å². The highest BCUT2D eigenvalue weighted by Gasteiger charge is 2.12. The van der Waals surface area contributed by atoms with Gasteiger partial charge in [-0.3, -0.25) is 0 Å². The first-order chi connectivity index (χ1) is 9.17. The SMILES string of the molecule is COc1cc(-c2cccc(C)c2)c2oc(=O)sc2c1. The number of benzene rings is 2. The number of aryl methyl sites for hydroxylation is 1. The van der Waals surface area contributed by atoms with Crippen molar-refractivity contribution in [3.63, 3.8) is 0 Å². The number of hydrogen-bond donors (Lipinski definition) is 0. The van der Waals surface area contributed by atoms with Crippen molar-refractivity contribution in [3.05, 3.63) is 51.7 Å². The third kappa shape index (κ3) is 2.15. The van der Waals surface area contributed by atoms with E-state index >= 15 is 0 Å². The van der Waals surface area contributed by atoms with Crippen molar-refractivity contribution in [1.82, 2.24) is 0 Å². The van der Waals surface area contributed by atoms with E-state index in [1.807, 2.05) is 37.3 Å². The Hall–Kier alpha value is -2.07. The highest BCUT2D eigenvalue weighted by atomic mass is 32.1. The Bertz CT molecular complexity index is 799. The Morgan fingerprint density at radius 1 is 1.21 bits per heavy atom. The second kappa shape index (κ2) is 4.55. The molecule has 4 heteroatoms. The molecule has 0 atom stereocenters. The van der Waals surface area contributed by atoms with Gasteiger partial charge in [-0.1, -0.05) is 41.2 Å². The number of ether oxygens (including phenoxy) is 1. The first-order valence-corrected chi connectivity index (χ1v) is 6.68. The fourth-order valence-corrected chi connectivity index (χ4v) is 2.82. The van der Waals surface area contributed by atoms with Crippen LogP contribution in [0.4, 0.5) is 0 Å². The van der Waals surface area contributed by atoms with E-state index in [0.29, 0.717) is 5.58 Å². The van der Waals surface area contributed by atoms with Gasteiger partial charge in [0.1, 0.15) is 5.75 Å². The highest BCUT2D eigenvalue weighted by Crippen LogP contribution is 2.34. The van der Waals surface area contributed by atoms with Gasteiger partial charge in [-0.15, -0.1) is 0 Å². The molecule has 0 bridgehead atoms. The lowest BCUT2D eigenvalue weighted by atomic mass is 10.0. The zero-order chi connectivity index (χ0) is 13.4. The summed E-state index contributed by atoms with van der Waals surface area (Å²) in [4.78, 5) is 11.2. The molecule has 0 unspecified atom stereocenters. The van der Waals surface area contributed by atoms with Gasteiger partial charge in [-0.2, -0.15) is 0 Å². The largest absolute Gasteiger partial charge is 0.497 e. The lowest BCUT2D eigenvalue weighted by Gasteiger charge is -2.06. The Labute approximate surface area is 114 Å². The fraction of sp³-hybridized carbons (Fsp3) is 0.133. The summed E-state index contributed by atoms with van der Waals surface area (Å²) in [6, 6.07) is 11.8. The molecule has 0 amide bonds. The number of fused-ring (bicyclic) bond motifs is 1. The first kappa shape index (κ1) is 12.0. The van der Waals surface area contributed by atoms with Crippen molar-refractivity contribution in [2.75, 3.05) is 7.11 Å². The lowest BCUT2D eigenvalue weighted by Crippen LogP contribution is -1.86. The molecule has 2 aromatic carbocycles. The van der Waals surface area contributed by atoms with Gasteiger partial charge in [-0.05, 0) is 18.6 Å². The van der Waals surface area contributed by atoms with Crippen LogP contribution in [0.5, 0.6) is 5.75 Å². The van der Waals surface area contributed by atoms with Gasteiger partial charge in [-0.25, -0.2) is 4.79 Å². The van der Waals surface area contributed by atoms with E-state index in [9.17, 15) is 4.79 Å². The predicted octanol–water partition coefficient (Wildman–Crippen LogP) is 3.84. The Morgan fingerprint density at radius 3 is 2.79 bits per heavy atom. The summed E-state index contributed by atoms with van der Waals surface area (Å²) in [5, 5.41) is 0. The van der Waals surface area contributed by atoms with Crippen LogP contribution in [0.25, 0.3) is 21.4 Å². The molecule has 19 heavy (non-hydrogen) atoms. The quantitative estimate of drug-likeness (QED) is 0.711. The van der Waals surface area contributed by atoms with Crippen molar-refractivity contribution in [2.24, 2.45) is 0 Å². The topological polar surface area (TPSA) is 39.4 Å². The molecule has 3 nitrogen and oxygen atoms in total. The molecule has 0 spiro atoms. The van der Waals surface area contributed by atoms with Crippen molar-refractivity contribution in [1.29, 1.82) is 0 Å². The van der Waals surface area contributed by atoms with Crippen molar-refractivity contribution in [2.45, 2.75) is 6.92 Å². The van der Waals surface area contributed by atoms with E-state index in [1.54, 1.807) is 7.11 Å². The third-order valence-electron chi connectivity index (χ3n) is 2.97. The minimum Gasteiger partial charge on any atom is -0.497 e. The lowest BCUT2D eigenvalue weighted by molar-refractivity contribution is 0.415. The molecule has 0 saturated heterocycles. The van der Waals surface area contributed by atoms with E-state index in [4.69, 9.17) is 9.15 Å². The van der Waals surface area contributed by atoms with Gasteiger partial charge in [0.2, 0.25) is 0 Å². The molecule has 0 aliphatic heterocycles. The van der Waals surface area contributed by atoms with Gasteiger partial charge >= 0.3 is 4.94 Å². The van der Waals surface area contributed by atoms with Crippen LogP contribution in [0.2, 0.25) is 0 Å². The molecule has 1 aromatic heterocycles. The number of rotatable bonds is 2. The van der Waals surface area contributed by atoms with E-state index in [-0.39, 0.29) is 4.94 Å². The Balaban J connectivity index is 2.35. The van der Waals surface area contributed by atoms with Crippen LogP contribution in [0, 0.1) is 6.92 Å². The van der Waals surface area contributed by atoms with Crippen LogP contribution in [-0.4, -0.2) is 7.11 Å². The van der Waals surface area contributed by atoms with E-state index in [2.05, 4.69) is 6.07 Å². The normalized spacial score (nSPS) is 10.8. The van der Waals surface area contributed by atoms with Crippen molar-refractivity contribution < 1.29 is 9.15 Å². The smallest absolute Gasteiger partial charge is 0.396 e. The molecule has 0 N–H and O–H groups in total. The first-order valence-electron chi connectivity index (χ1n) is 5.86. The average molecular weight is 272 g/mol. The highest BCUT2D eigenvalue weighted by molar-refractivity contribution is 7.16. The molecule has 0 aliphatic carbocycles. The van der Waals surface area contributed by atoms with Gasteiger partial charge < -0.3 is 9.15 Å². The zero-order valence-corrected chi connectivity index (χ0v) is 11.4. The average Bonchev–Trinajstić information content (AvgIpc) is 2.77. The van der Waals surface area contributed by atoms with E-state index in [0.717, 1.165) is 38.5 Å². The summed E-state index contributed by atoms with van der Waals surface area (Å²) >= 11 is 1.09. The molecule has 0 saturated carbocycles. The van der Waals surface area contributed by atoms with E-state index in [1.165, 1.54) is 0 Å². The molecule has 0 aliphatic rings. The Morgan fingerprint density at radius 2 is 2.05 bits per heavy atom. The number of methoxy groups -OCH3 is 1. The minimum absolute atomic E-state index is 0.294. The molecule has 3 aromatic rings. The fourth-order valence-electron chi connectivity index (χ4n) is 2.10. The maximum Gasteiger partial charge on any atom is 0.396 e. The molecule has 96 valence electrons. The molecule has 1 heterocycles. The van der Waals surface area contributed by atoms with E-state index < -0.39 is 0 Å². The molecule has 0 radical (unpaired) electrons. The molecular weight excluding hydrogens is 260 g/mol. The van der Waals surface area contributed by atoms with Crippen LogP contribution < -0.4 is 9.68 Å². The van der Waals surface area contributed by atoms with Crippen LogP contribution in [0.15, 0.2) is 45.6 Å². The van der Waals surface area contributed by atoms with Crippen molar-refractivity contribution in [3.8, 4) is 16.9 Å². The minimum atomic E-state index is -0.294. The molecule has 3 rings (SSSR count). The van der Waals surface area contributed by atoms with Gasteiger partial charge in [0.25, 0.3) is 0 Å². The second-order valence-electron chi connectivity index (χ2n) is 4.33. The van der Waals surface area contributed by atoms with Gasteiger partial charge in [0.15, 0.2) is 5.58 Å². The predicted molar refractivity (Wildman–Crippen MR) is 77.1 cm³/mol. The maximum atomic E-state index is 11.5. The molecular formula is C15H12O3S. The maximum absolute atomic E-state index is 11.5. The summed E-state index contributed by atoms with van der Waals surface area (Å²) in [6.45, 7) is 2.03. The third-order valence-corrected chi connectivity index (χ3v) is 3.74. The molecule has 0 fully saturated rings. The monoisotopic (exact) mass is 272 g/mol. The van der Waals surface area contributed by atoms with Gasteiger partial charge in [0.05, 0.1) is 11.8 Å². The summed E-state index contributed by atoms with van der Waals surface area (Å²) in [5.74, 6) is 0.723.